The van der Waals surface area contributed by atoms with Gasteiger partial charge in [0.1, 0.15) is 11.6 Å². The lowest BCUT2D eigenvalue weighted by Crippen LogP contribution is -2.23. The van der Waals surface area contributed by atoms with Crippen molar-refractivity contribution in [2.75, 3.05) is 20.1 Å². The number of rotatable bonds is 7. The van der Waals surface area contributed by atoms with Crippen LogP contribution in [0.4, 0.5) is 4.39 Å². The number of hydrogen-bond donors (Lipinski definition) is 0. The number of benzene rings is 2. The second-order valence-electron chi connectivity index (χ2n) is 7.36. The first-order valence-corrected chi connectivity index (χ1v) is 9.75. The van der Waals surface area contributed by atoms with Crippen molar-refractivity contribution < 1.29 is 4.39 Å². The predicted molar refractivity (Wildman–Crippen MR) is 108 cm³/mol. The summed E-state index contributed by atoms with van der Waals surface area (Å²) >= 11 is 6.04. The molecule has 3 nitrogen and oxygen atoms in total. The normalized spacial score (nSPS) is 14.1. The maximum absolute atomic E-state index is 13.3. The largest absolute Gasteiger partial charge is 0.306 e. The molecule has 4 rings (SSSR count). The smallest absolute Gasteiger partial charge is 0.144 e. The molecule has 1 fully saturated rings. The molecule has 2 aromatic carbocycles. The van der Waals surface area contributed by atoms with Gasteiger partial charge >= 0.3 is 0 Å². The molecular weight excluding hydrogens is 361 g/mol. The van der Waals surface area contributed by atoms with Crippen molar-refractivity contribution in [2.45, 2.75) is 19.3 Å². The van der Waals surface area contributed by atoms with Crippen molar-refractivity contribution >= 4 is 11.6 Å². The lowest BCUT2D eigenvalue weighted by molar-refractivity contribution is 0.323. The Bertz CT molecular complexity index is 835. The molecule has 27 heavy (non-hydrogen) atoms. The maximum Gasteiger partial charge on any atom is 0.144 e. The van der Waals surface area contributed by atoms with Crippen molar-refractivity contribution in [1.82, 2.24) is 14.5 Å². The molecule has 0 saturated heterocycles. The van der Waals surface area contributed by atoms with E-state index in [9.17, 15) is 4.39 Å². The first-order chi connectivity index (χ1) is 13.1. The Morgan fingerprint density at radius 1 is 1.11 bits per heavy atom. The number of imidazole rings is 1. The Morgan fingerprint density at radius 3 is 2.48 bits per heavy atom. The van der Waals surface area contributed by atoms with Gasteiger partial charge in [0.25, 0.3) is 0 Å². The third kappa shape index (κ3) is 4.57. The van der Waals surface area contributed by atoms with E-state index in [0.29, 0.717) is 5.02 Å². The molecule has 0 unspecified atom stereocenters. The minimum absolute atomic E-state index is 0.245. The van der Waals surface area contributed by atoms with Crippen LogP contribution in [0, 0.1) is 11.7 Å². The maximum atomic E-state index is 13.3. The predicted octanol–water partition coefficient (Wildman–Crippen LogP) is 5.22. The minimum Gasteiger partial charge on any atom is -0.306 e. The van der Waals surface area contributed by atoms with E-state index < -0.39 is 0 Å². The van der Waals surface area contributed by atoms with Crippen molar-refractivity contribution in [1.29, 1.82) is 0 Å². The summed E-state index contributed by atoms with van der Waals surface area (Å²) in [4.78, 5) is 7.24. The molecule has 3 aromatic rings. The average molecular weight is 384 g/mol. The van der Waals surface area contributed by atoms with Gasteiger partial charge in [-0.2, -0.15) is 0 Å². The van der Waals surface area contributed by atoms with Gasteiger partial charge in [0, 0.05) is 42.0 Å². The van der Waals surface area contributed by atoms with E-state index >= 15 is 0 Å². The molecule has 5 heteroatoms. The molecule has 0 amide bonds. The first kappa shape index (κ1) is 18.2. The summed E-state index contributed by atoms with van der Waals surface area (Å²) in [5, 5.41) is 0.698. The van der Waals surface area contributed by atoms with E-state index in [2.05, 4.69) is 22.7 Å². The molecule has 0 N–H and O–H groups in total. The van der Waals surface area contributed by atoms with Gasteiger partial charge in [-0.05, 0) is 74.3 Å². The summed E-state index contributed by atoms with van der Waals surface area (Å²) in [5.74, 6) is 1.46. The molecule has 1 aliphatic rings. The minimum atomic E-state index is -0.245. The fraction of sp³-hybridized carbons (Fsp3) is 0.318. The van der Waals surface area contributed by atoms with E-state index in [1.165, 1.54) is 31.5 Å². The summed E-state index contributed by atoms with van der Waals surface area (Å²) in [7, 11) is 2.18. The van der Waals surface area contributed by atoms with Crippen LogP contribution in [0.3, 0.4) is 0 Å². The SMILES string of the molecule is CN(CCc1cn(-c2ccc(Cl)cc2)c(-c2ccc(F)cc2)n1)CC1CC1. The molecule has 0 atom stereocenters. The standard InChI is InChI=1S/C22H23ClFN3/c1-26(14-16-2-3-16)13-12-20-15-27(21-10-6-18(23)7-11-21)22(25-20)17-4-8-19(24)9-5-17/h4-11,15-16H,2-3,12-14H2,1H3. The van der Waals surface area contributed by atoms with Crippen LogP contribution >= 0.6 is 11.6 Å². The van der Waals surface area contributed by atoms with Crippen LogP contribution in [-0.4, -0.2) is 34.6 Å². The second kappa shape index (κ2) is 7.83. The van der Waals surface area contributed by atoms with Crippen LogP contribution in [-0.2, 0) is 6.42 Å². The highest BCUT2D eigenvalue weighted by molar-refractivity contribution is 6.30. The Labute approximate surface area is 164 Å². The topological polar surface area (TPSA) is 21.1 Å². The summed E-state index contributed by atoms with van der Waals surface area (Å²) in [6.45, 7) is 2.15. The number of hydrogen-bond acceptors (Lipinski definition) is 2. The third-order valence-corrected chi connectivity index (χ3v) is 5.23. The quantitative estimate of drug-likeness (QED) is 0.558. The van der Waals surface area contributed by atoms with Gasteiger partial charge in [-0.25, -0.2) is 9.37 Å². The molecule has 1 heterocycles. The van der Waals surface area contributed by atoms with Gasteiger partial charge in [0.05, 0.1) is 5.69 Å². The Morgan fingerprint density at radius 2 is 1.81 bits per heavy atom. The number of halogens is 2. The van der Waals surface area contributed by atoms with Gasteiger partial charge in [-0.1, -0.05) is 11.6 Å². The van der Waals surface area contributed by atoms with Crippen LogP contribution in [0.5, 0.6) is 0 Å². The molecule has 0 bridgehead atoms. The number of likely N-dealkylation sites (N-methyl/N-ethyl adjacent to an activating group) is 1. The van der Waals surface area contributed by atoms with Gasteiger partial charge in [-0.3, -0.25) is 4.57 Å². The molecule has 140 valence electrons. The van der Waals surface area contributed by atoms with E-state index in [1.807, 2.05) is 24.3 Å². The summed E-state index contributed by atoms with van der Waals surface area (Å²) in [6.07, 6.45) is 5.69. The van der Waals surface area contributed by atoms with Gasteiger partial charge < -0.3 is 4.90 Å². The molecule has 0 radical (unpaired) electrons. The molecular formula is C22H23ClFN3. The second-order valence-corrected chi connectivity index (χ2v) is 7.80. The fourth-order valence-corrected chi connectivity index (χ4v) is 3.41. The highest BCUT2D eigenvalue weighted by Gasteiger charge is 2.22. The summed E-state index contributed by atoms with van der Waals surface area (Å²) in [5.41, 5.74) is 2.92. The fourth-order valence-electron chi connectivity index (χ4n) is 3.29. The lowest BCUT2D eigenvalue weighted by atomic mass is 10.2. The number of aromatic nitrogens is 2. The molecule has 1 saturated carbocycles. The third-order valence-electron chi connectivity index (χ3n) is 4.98. The Hall–Kier alpha value is -2.17. The Kier molecular flexibility index (Phi) is 5.28. The van der Waals surface area contributed by atoms with E-state index in [0.717, 1.165) is 41.7 Å². The summed E-state index contributed by atoms with van der Waals surface area (Å²) < 4.78 is 15.4. The van der Waals surface area contributed by atoms with Crippen molar-refractivity contribution in [3.63, 3.8) is 0 Å². The van der Waals surface area contributed by atoms with Crippen LogP contribution in [0.2, 0.25) is 5.02 Å². The highest BCUT2D eigenvalue weighted by atomic mass is 35.5. The van der Waals surface area contributed by atoms with Gasteiger partial charge in [-0.15, -0.1) is 0 Å². The zero-order valence-corrected chi connectivity index (χ0v) is 16.2. The van der Waals surface area contributed by atoms with Crippen LogP contribution in [0.1, 0.15) is 18.5 Å². The molecule has 0 aliphatic heterocycles. The van der Waals surface area contributed by atoms with Crippen LogP contribution < -0.4 is 0 Å². The van der Waals surface area contributed by atoms with Crippen LogP contribution in [0.15, 0.2) is 54.7 Å². The monoisotopic (exact) mass is 383 g/mol. The zero-order chi connectivity index (χ0) is 18.8. The highest BCUT2D eigenvalue weighted by Crippen LogP contribution is 2.29. The van der Waals surface area contributed by atoms with Crippen molar-refractivity contribution in [3.05, 3.63) is 71.3 Å². The summed E-state index contributed by atoms with van der Waals surface area (Å²) in [6, 6.07) is 14.2. The average Bonchev–Trinajstić information content (AvgIpc) is 3.37. The molecule has 1 aliphatic carbocycles. The first-order valence-electron chi connectivity index (χ1n) is 9.37. The number of nitrogens with zero attached hydrogens (tertiary/aromatic N) is 3. The lowest BCUT2D eigenvalue weighted by Gasteiger charge is -2.14. The molecule has 1 aromatic heterocycles. The van der Waals surface area contributed by atoms with Gasteiger partial charge in [0.15, 0.2) is 0 Å². The van der Waals surface area contributed by atoms with E-state index in [1.54, 1.807) is 12.1 Å². The van der Waals surface area contributed by atoms with E-state index in [-0.39, 0.29) is 5.82 Å². The van der Waals surface area contributed by atoms with E-state index in [4.69, 9.17) is 16.6 Å². The van der Waals surface area contributed by atoms with Crippen molar-refractivity contribution in [3.8, 4) is 17.1 Å². The van der Waals surface area contributed by atoms with Crippen LogP contribution in [0.25, 0.3) is 17.1 Å². The van der Waals surface area contributed by atoms with Crippen molar-refractivity contribution in [2.24, 2.45) is 5.92 Å². The Balaban J connectivity index is 1.61. The molecule has 0 spiro atoms. The zero-order valence-electron chi connectivity index (χ0n) is 15.4. The van der Waals surface area contributed by atoms with Gasteiger partial charge in [0.2, 0.25) is 0 Å².